The summed E-state index contributed by atoms with van der Waals surface area (Å²) >= 11 is 0. The van der Waals surface area contributed by atoms with Crippen LogP contribution in [-0.4, -0.2) is 25.6 Å². The van der Waals surface area contributed by atoms with E-state index in [4.69, 9.17) is 0 Å². The zero-order chi connectivity index (χ0) is 12.3. The van der Waals surface area contributed by atoms with Gasteiger partial charge in [0.2, 0.25) is 0 Å². The van der Waals surface area contributed by atoms with Crippen molar-refractivity contribution in [2.45, 2.75) is 4.90 Å². The van der Waals surface area contributed by atoms with Crippen LogP contribution in [0.25, 0.3) is 0 Å². The maximum Gasteiger partial charge on any atom is 0.263 e. The van der Waals surface area contributed by atoms with Gasteiger partial charge in [-0.2, -0.15) is 0 Å². The molecule has 0 saturated heterocycles. The highest BCUT2D eigenvalue weighted by Crippen LogP contribution is 2.16. The van der Waals surface area contributed by atoms with Crippen LogP contribution in [0.1, 0.15) is 0 Å². The monoisotopic (exact) mass is 254 g/mol. The molecule has 0 unspecified atom stereocenters. The van der Waals surface area contributed by atoms with Crippen molar-refractivity contribution in [2.75, 3.05) is 17.1 Å². The number of nitrogens with one attached hydrogen (secondary N) is 2. The number of rotatable bonds is 4. The van der Waals surface area contributed by atoms with Crippen molar-refractivity contribution in [3.05, 3.63) is 30.7 Å². The molecule has 0 aliphatic rings. The first-order valence-electron chi connectivity index (χ1n) is 4.69. The Bertz CT molecular complexity index is 594. The van der Waals surface area contributed by atoms with Gasteiger partial charge in [-0.3, -0.25) is 4.72 Å². The molecule has 0 aromatic carbocycles. The lowest BCUT2D eigenvalue weighted by molar-refractivity contribution is 0.423. The van der Waals surface area contributed by atoms with E-state index >= 15 is 0 Å². The van der Waals surface area contributed by atoms with E-state index in [1.54, 1.807) is 7.05 Å². The number of nitrogens with zero attached hydrogens (tertiary/aromatic N) is 2. The minimum Gasteiger partial charge on any atom is -0.373 e. The van der Waals surface area contributed by atoms with Crippen molar-refractivity contribution in [1.29, 1.82) is 0 Å². The highest BCUT2D eigenvalue weighted by atomic mass is 32.2. The number of aromatic nitrogens is 2. The largest absolute Gasteiger partial charge is 0.373 e. The summed E-state index contributed by atoms with van der Waals surface area (Å²) in [4.78, 5) is 4.03. The molecule has 0 amide bonds. The SMILES string of the molecule is CNc1cc(S(=O)(=O)Nc2ccon2)ccn1. The van der Waals surface area contributed by atoms with Crippen LogP contribution in [0, 0.1) is 0 Å². The summed E-state index contributed by atoms with van der Waals surface area (Å²) in [5, 5.41) is 6.23. The Morgan fingerprint density at radius 1 is 1.29 bits per heavy atom. The number of anilines is 2. The molecule has 90 valence electrons. The van der Waals surface area contributed by atoms with Crippen molar-refractivity contribution >= 4 is 21.7 Å². The molecule has 0 atom stereocenters. The van der Waals surface area contributed by atoms with Crippen molar-refractivity contribution in [2.24, 2.45) is 0 Å². The predicted octanol–water partition coefficient (Wildman–Crippen LogP) is 0.912. The van der Waals surface area contributed by atoms with E-state index < -0.39 is 10.0 Å². The summed E-state index contributed by atoms with van der Waals surface area (Å²) in [6.07, 6.45) is 2.69. The molecular formula is C9H10N4O3S. The van der Waals surface area contributed by atoms with Gasteiger partial charge >= 0.3 is 0 Å². The molecule has 0 spiro atoms. The molecule has 0 bridgehead atoms. The van der Waals surface area contributed by atoms with E-state index in [0.717, 1.165) is 0 Å². The van der Waals surface area contributed by atoms with Crippen LogP contribution in [0.4, 0.5) is 11.6 Å². The van der Waals surface area contributed by atoms with Gasteiger partial charge in [0.1, 0.15) is 12.1 Å². The summed E-state index contributed by atoms with van der Waals surface area (Å²) in [6, 6.07) is 4.23. The third kappa shape index (κ3) is 2.53. The van der Waals surface area contributed by atoms with E-state index in [1.807, 2.05) is 0 Å². The van der Waals surface area contributed by atoms with E-state index in [1.165, 1.54) is 30.7 Å². The maximum atomic E-state index is 11.9. The molecule has 0 radical (unpaired) electrons. The number of hydrogen-bond donors (Lipinski definition) is 2. The van der Waals surface area contributed by atoms with Gasteiger partial charge in [0.25, 0.3) is 10.0 Å². The molecule has 8 heteroatoms. The molecular weight excluding hydrogens is 244 g/mol. The van der Waals surface area contributed by atoms with E-state index in [2.05, 4.69) is 24.7 Å². The second kappa shape index (κ2) is 4.42. The lowest BCUT2D eigenvalue weighted by Gasteiger charge is -2.06. The van der Waals surface area contributed by atoms with Gasteiger partial charge in [-0.25, -0.2) is 13.4 Å². The Morgan fingerprint density at radius 2 is 2.12 bits per heavy atom. The first-order chi connectivity index (χ1) is 8.12. The molecule has 2 aromatic rings. The Hall–Kier alpha value is -2.09. The standard InChI is InChI=1S/C9H10N4O3S/c1-10-9-6-7(2-4-11-9)17(14,15)13-8-3-5-16-12-8/h2-6H,1H3,(H,10,11)(H,12,13). The Labute approximate surface area is 97.9 Å². The smallest absolute Gasteiger partial charge is 0.263 e. The Balaban J connectivity index is 2.31. The topological polar surface area (TPSA) is 97.1 Å². The second-order valence-corrected chi connectivity index (χ2v) is 4.80. The molecule has 2 aromatic heterocycles. The predicted molar refractivity (Wildman–Crippen MR) is 61.1 cm³/mol. The van der Waals surface area contributed by atoms with Crippen LogP contribution in [0.2, 0.25) is 0 Å². The summed E-state index contributed by atoms with van der Waals surface area (Å²) in [7, 11) is -2.01. The minimum absolute atomic E-state index is 0.0971. The Kier molecular flexibility index (Phi) is 2.96. The van der Waals surface area contributed by atoms with Gasteiger partial charge in [0.05, 0.1) is 4.90 Å². The van der Waals surface area contributed by atoms with Gasteiger partial charge in [-0.1, -0.05) is 5.16 Å². The van der Waals surface area contributed by atoms with Crippen LogP contribution in [0.5, 0.6) is 0 Å². The average Bonchev–Trinajstić information content (AvgIpc) is 2.81. The zero-order valence-electron chi connectivity index (χ0n) is 8.91. The first kappa shape index (κ1) is 11.4. The minimum atomic E-state index is -3.67. The molecule has 0 aliphatic carbocycles. The van der Waals surface area contributed by atoms with E-state index in [0.29, 0.717) is 5.82 Å². The lowest BCUT2D eigenvalue weighted by Crippen LogP contribution is -2.13. The van der Waals surface area contributed by atoms with Crippen molar-refractivity contribution in [3.63, 3.8) is 0 Å². The molecule has 0 fully saturated rings. The maximum absolute atomic E-state index is 11.9. The van der Waals surface area contributed by atoms with Crippen LogP contribution in [-0.2, 0) is 10.0 Å². The van der Waals surface area contributed by atoms with Crippen LogP contribution in [0.15, 0.2) is 40.1 Å². The molecule has 0 aliphatic heterocycles. The van der Waals surface area contributed by atoms with Crippen LogP contribution in [0.3, 0.4) is 0 Å². The number of sulfonamides is 1. The molecule has 2 N–H and O–H groups in total. The molecule has 17 heavy (non-hydrogen) atoms. The van der Waals surface area contributed by atoms with Gasteiger partial charge < -0.3 is 9.84 Å². The number of hydrogen-bond acceptors (Lipinski definition) is 6. The van der Waals surface area contributed by atoms with Crippen LogP contribution >= 0.6 is 0 Å². The van der Waals surface area contributed by atoms with E-state index in [9.17, 15) is 8.42 Å². The van der Waals surface area contributed by atoms with Gasteiger partial charge in [0, 0.05) is 25.4 Å². The van der Waals surface area contributed by atoms with Crippen LogP contribution < -0.4 is 10.0 Å². The van der Waals surface area contributed by atoms with Gasteiger partial charge in [-0.15, -0.1) is 0 Å². The average molecular weight is 254 g/mol. The van der Waals surface area contributed by atoms with Crippen molar-refractivity contribution in [3.8, 4) is 0 Å². The first-order valence-corrected chi connectivity index (χ1v) is 6.17. The quantitative estimate of drug-likeness (QED) is 0.841. The highest BCUT2D eigenvalue weighted by Gasteiger charge is 2.16. The summed E-state index contributed by atoms with van der Waals surface area (Å²) in [6.45, 7) is 0. The zero-order valence-corrected chi connectivity index (χ0v) is 9.73. The third-order valence-electron chi connectivity index (χ3n) is 1.97. The molecule has 0 saturated carbocycles. The fourth-order valence-electron chi connectivity index (χ4n) is 1.18. The molecule has 7 nitrogen and oxygen atoms in total. The molecule has 2 rings (SSSR count). The van der Waals surface area contributed by atoms with E-state index in [-0.39, 0.29) is 10.7 Å². The summed E-state index contributed by atoms with van der Waals surface area (Å²) < 4.78 is 30.7. The normalized spacial score (nSPS) is 11.1. The van der Waals surface area contributed by atoms with Crippen molar-refractivity contribution in [1.82, 2.24) is 10.1 Å². The van der Waals surface area contributed by atoms with Gasteiger partial charge in [-0.05, 0) is 6.07 Å². The molecule has 2 heterocycles. The third-order valence-corrected chi connectivity index (χ3v) is 3.33. The number of pyridine rings is 1. The summed E-state index contributed by atoms with van der Waals surface area (Å²) in [5.41, 5.74) is 0. The highest BCUT2D eigenvalue weighted by molar-refractivity contribution is 7.92. The van der Waals surface area contributed by atoms with Gasteiger partial charge in [0.15, 0.2) is 5.82 Å². The van der Waals surface area contributed by atoms with Crippen molar-refractivity contribution < 1.29 is 12.9 Å². The lowest BCUT2D eigenvalue weighted by atomic mass is 10.5. The Morgan fingerprint density at radius 3 is 2.76 bits per heavy atom. The summed E-state index contributed by atoms with van der Waals surface area (Å²) in [5.74, 6) is 0.598. The fourth-order valence-corrected chi connectivity index (χ4v) is 2.18. The fraction of sp³-hybridized carbons (Fsp3) is 0.111. The second-order valence-electron chi connectivity index (χ2n) is 3.12.